The molecule has 1 aliphatic rings. The molecule has 0 aliphatic heterocycles. The van der Waals surface area contributed by atoms with Crippen molar-refractivity contribution >= 4 is 0 Å². The van der Waals surface area contributed by atoms with Crippen LogP contribution in [0.1, 0.15) is 66.8 Å². The van der Waals surface area contributed by atoms with Crippen molar-refractivity contribution in [1.82, 2.24) is 0 Å². The summed E-state index contributed by atoms with van der Waals surface area (Å²) in [4.78, 5) is 0. The number of rotatable bonds is 2. The second-order valence-corrected chi connectivity index (χ2v) is 10.2. The standard InChI is InChI=1S/C33H34/c1-19-9-15-27-28-16-10-20(2)18-30(28)33(29(27)17-19,31-23(5)13-11-21(3)25(31)7)32-24(6)14-12-22(4)26(32)8/h9-18H,1-8H3. The summed E-state index contributed by atoms with van der Waals surface area (Å²) < 4.78 is 0. The van der Waals surface area contributed by atoms with E-state index in [0.717, 1.165) is 0 Å². The van der Waals surface area contributed by atoms with Crippen LogP contribution < -0.4 is 0 Å². The van der Waals surface area contributed by atoms with E-state index in [1.807, 2.05) is 0 Å². The van der Waals surface area contributed by atoms with E-state index >= 15 is 0 Å². The molecule has 0 nitrogen and oxygen atoms in total. The Hall–Kier alpha value is -3.12. The van der Waals surface area contributed by atoms with E-state index in [-0.39, 0.29) is 5.41 Å². The van der Waals surface area contributed by atoms with Gasteiger partial charge in [0.25, 0.3) is 0 Å². The zero-order chi connectivity index (χ0) is 23.7. The lowest BCUT2D eigenvalue weighted by Gasteiger charge is -2.39. The van der Waals surface area contributed by atoms with Crippen molar-refractivity contribution in [3.05, 3.63) is 127 Å². The number of fused-ring (bicyclic) bond motifs is 3. The summed E-state index contributed by atoms with van der Waals surface area (Å²) in [5.41, 5.74) is 19.0. The fourth-order valence-electron chi connectivity index (χ4n) is 6.27. The van der Waals surface area contributed by atoms with E-state index in [0.29, 0.717) is 0 Å². The third kappa shape index (κ3) is 2.90. The van der Waals surface area contributed by atoms with Gasteiger partial charge in [0.05, 0.1) is 5.41 Å². The molecule has 0 amide bonds. The molecule has 0 fully saturated rings. The maximum absolute atomic E-state index is 2.45. The van der Waals surface area contributed by atoms with Gasteiger partial charge >= 0.3 is 0 Å². The minimum absolute atomic E-state index is 0.330. The first-order valence-electron chi connectivity index (χ1n) is 12.0. The maximum Gasteiger partial charge on any atom is 0.0724 e. The molecule has 0 saturated heterocycles. The minimum atomic E-state index is -0.330. The van der Waals surface area contributed by atoms with E-state index in [9.17, 15) is 0 Å². The smallest absolute Gasteiger partial charge is 0.0588 e. The Morgan fingerprint density at radius 3 is 1.18 bits per heavy atom. The molecule has 0 bridgehead atoms. The largest absolute Gasteiger partial charge is 0.0724 e. The summed E-state index contributed by atoms with van der Waals surface area (Å²) in [6.07, 6.45) is 0. The number of aryl methyl sites for hydroxylation is 6. The van der Waals surface area contributed by atoms with Crippen molar-refractivity contribution < 1.29 is 0 Å². The van der Waals surface area contributed by atoms with Crippen molar-refractivity contribution in [2.75, 3.05) is 0 Å². The number of hydrogen-bond acceptors (Lipinski definition) is 0. The SMILES string of the molecule is Cc1ccc2c(c1)C(c1c(C)ccc(C)c1C)(c1c(C)ccc(C)c1C)c1cc(C)ccc1-2. The van der Waals surface area contributed by atoms with E-state index < -0.39 is 0 Å². The molecule has 0 heterocycles. The lowest BCUT2D eigenvalue weighted by atomic mass is 9.62. The van der Waals surface area contributed by atoms with Gasteiger partial charge in [0.15, 0.2) is 0 Å². The Morgan fingerprint density at radius 1 is 0.424 bits per heavy atom. The van der Waals surface area contributed by atoms with Crippen LogP contribution in [0.5, 0.6) is 0 Å². The Morgan fingerprint density at radius 2 is 0.788 bits per heavy atom. The molecule has 33 heavy (non-hydrogen) atoms. The normalized spacial score (nSPS) is 13.7. The molecule has 166 valence electrons. The zero-order valence-electron chi connectivity index (χ0n) is 21.3. The van der Waals surface area contributed by atoms with Gasteiger partial charge in [-0.1, -0.05) is 71.8 Å². The Bertz CT molecular complexity index is 1320. The topological polar surface area (TPSA) is 0 Å². The lowest BCUT2D eigenvalue weighted by molar-refractivity contribution is 0.735. The Kier molecular flexibility index (Phi) is 4.90. The first kappa shape index (κ1) is 21.7. The lowest BCUT2D eigenvalue weighted by Crippen LogP contribution is -2.33. The highest BCUT2D eigenvalue weighted by Gasteiger charge is 2.49. The molecule has 0 N–H and O–H groups in total. The first-order chi connectivity index (χ1) is 15.7. The van der Waals surface area contributed by atoms with Crippen LogP contribution in [0.4, 0.5) is 0 Å². The van der Waals surface area contributed by atoms with E-state index in [1.165, 1.54) is 77.9 Å². The van der Waals surface area contributed by atoms with Gasteiger partial charge in [0.1, 0.15) is 0 Å². The van der Waals surface area contributed by atoms with Gasteiger partial charge in [-0.3, -0.25) is 0 Å². The van der Waals surface area contributed by atoms with Crippen molar-refractivity contribution in [1.29, 1.82) is 0 Å². The maximum atomic E-state index is 2.45. The molecule has 0 radical (unpaired) electrons. The van der Waals surface area contributed by atoms with E-state index in [1.54, 1.807) is 0 Å². The highest BCUT2D eigenvalue weighted by Crippen LogP contribution is 2.59. The average molecular weight is 431 g/mol. The summed E-state index contributed by atoms with van der Waals surface area (Å²) in [6, 6.07) is 23.3. The van der Waals surface area contributed by atoms with Crippen LogP contribution in [0.3, 0.4) is 0 Å². The van der Waals surface area contributed by atoms with Crippen molar-refractivity contribution in [3.63, 3.8) is 0 Å². The van der Waals surface area contributed by atoms with Gasteiger partial charge in [-0.05, 0) is 122 Å². The number of hydrogen-bond donors (Lipinski definition) is 0. The predicted octanol–water partition coefficient (Wildman–Crippen LogP) is 8.52. The van der Waals surface area contributed by atoms with Gasteiger partial charge in [0, 0.05) is 0 Å². The van der Waals surface area contributed by atoms with Gasteiger partial charge in [-0.15, -0.1) is 0 Å². The molecule has 1 aliphatic carbocycles. The summed E-state index contributed by atoms with van der Waals surface area (Å²) in [6.45, 7) is 18.2. The molecule has 0 atom stereocenters. The van der Waals surface area contributed by atoms with Gasteiger partial charge in [-0.2, -0.15) is 0 Å². The van der Waals surface area contributed by atoms with Crippen LogP contribution in [0.2, 0.25) is 0 Å². The van der Waals surface area contributed by atoms with Crippen molar-refractivity contribution in [2.24, 2.45) is 0 Å². The minimum Gasteiger partial charge on any atom is -0.0588 e. The number of benzene rings is 4. The second kappa shape index (κ2) is 7.45. The summed E-state index contributed by atoms with van der Waals surface area (Å²) in [5.74, 6) is 0. The molecule has 4 aromatic rings. The summed E-state index contributed by atoms with van der Waals surface area (Å²) >= 11 is 0. The van der Waals surface area contributed by atoms with Gasteiger partial charge < -0.3 is 0 Å². The first-order valence-corrected chi connectivity index (χ1v) is 12.0. The quantitative estimate of drug-likeness (QED) is 0.263. The third-order valence-corrected chi connectivity index (χ3v) is 8.09. The monoisotopic (exact) mass is 430 g/mol. The molecule has 0 unspecified atom stereocenters. The molecule has 0 heteroatoms. The highest BCUT2D eigenvalue weighted by atomic mass is 14.5. The van der Waals surface area contributed by atoms with Gasteiger partial charge in [-0.25, -0.2) is 0 Å². The average Bonchev–Trinajstić information content (AvgIpc) is 3.03. The van der Waals surface area contributed by atoms with E-state index in [4.69, 9.17) is 0 Å². The van der Waals surface area contributed by atoms with Crippen LogP contribution >= 0.6 is 0 Å². The fraction of sp³-hybridized carbons (Fsp3) is 0.273. The molecular formula is C33H34. The van der Waals surface area contributed by atoms with Crippen LogP contribution in [0, 0.1) is 55.4 Å². The molecule has 5 rings (SSSR count). The molecule has 0 spiro atoms. The summed E-state index contributed by atoms with van der Waals surface area (Å²) in [7, 11) is 0. The van der Waals surface area contributed by atoms with Crippen molar-refractivity contribution in [3.8, 4) is 11.1 Å². The fourth-order valence-corrected chi connectivity index (χ4v) is 6.27. The second-order valence-electron chi connectivity index (χ2n) is 10.2. The molecule has 0 aromatic heterocycles. The summed E-state index contributed by atoms with van der Waals surface area (Å²) in [5, 5.41) is 0. The van der Waals surface area contributed by atoms with Crippen LogP contribution in [-0.4, -0.2) is 0 Å². The Labute approximate surface area is 199 Å². The van der Waals surface area contributed by atoms with Crippen LogP contribution in [0.15, 0.2) is 60.7 Å². The highest BCUT2D eigenvalue weighted by molar-refractivity contribution is 5.88. The predicted molar refractivity (Wildman–Crippen MR) is 142 cm³/mol. The van der Waals surface area contributed by atoms with E-state index in [2.05, 4.69) is 116 Å². The van der Waals surface area contributed by atoms with Crippen LogP contribution in [0.25, 0.3) is 11.1 Å². The Balaban J connectivity index is 2.13. The molecule has 4 aromatic carbocycles. The van der Waals surface area contributed by atoms with Gasteiger partial charge in [0.2, 0.25) is 0 Å². The third-order valence-electron chi connectivity index (χ3n) is 8.09. The van der Waals surface area contributed by atoms with Crippen LogP contribution in [-0.2, 0) is 5.41 Å². The molecular weight excluding hydrogens is 396 g/mol. The van der Waals surface area contributed by atoms with Crippen molar-refractivity contribution in [2.45, 2.75) is 60.8 Å². The molecule has 0 saturated carbocycles. The zero-order valence-corrected chi connectivity index (χ0v) is 21.3.